The van der Waals surface area contributed by atoms with Crippen molar-refractivity contribution in [1.29, 1.82) is 0 Å². The van der Waals surface area contributed by atoms with E-state index in [1.165, 1.54) is 0 Å². The van der Waals surface area contributed by atoms with Gasteiger partial charge in [-0.1, -0.05) is 60.7 Å². The summed E-state index contributed by atoms with van der Waals surface area (Å²) in [4.78, 5) is 4.75. The second-order valence-corrected chi connectivity index (χ2v) is 6.48. The first kappa shape index (κ1) is 17.9. The molecule has 0 amide bonds. The average molecular weight is 370 g/mol. The van der Waals surface area contributed by atoms with E-state index >= 15 is 0 Å². The van der Waals surface area contributed by atoms with E-state index in [9.17, 15) is 0 Å². The van der Waals surface area contributed by atoms with Crippen molar-refractivity contribution in [2.45, 2.75) is 6.04 Å². The molecular formula is C24H22N2O2. The maximum absolute atomic E-state index is 5.86. The van der Waals surface area contributed by atoms with E-state index in [1.54, 1.807) is 7.11 Å². The predicted octanol–water partition coefficient (Wildman–Crippen LogP) is 5.32. The Hall–Kier alpha value is -3.53. The summed E-state index contributed by atoms with van der Waals surface area (Å²) in [5, 5.41) is 3.47. The van der Waals surface area contributed by atoms with Gasteiger partial charge in [0.15, 0.2) is 0 Å². The number of nitrogens with zero attached hydrogens (tertiary/aromatic N) is 1. The molecule has 0 saturated heterocycles. The summed E-state index contributed by atoms with van der Waals surface area (Å²) < 4.78 is 11.1. The van der Waals surface area contributed by atoms with Crippen LogP contribution in [-0.2, 0) is 4.74 Å². The third kappa shape index (κ3) is 4.23. The highest BCUT2D eigenvalue weighted by molar-refractivity contribution is 5.98. The van der Waals surface area contributed by atoms with E-state index < -0.39 is 0 Å². The highest BCUT2D eigenvalue weighted by Crippen LogP contribution is 2.26. The molecule has 0 radical (unpaired) electrons. The van der Waals surface area contributed by atoms with Crippen molar-refractivity contribution in [2.75, 3.05) is 19.0 Å². The second-order valence-electron chi connectivity index (χ2n) is 6.48. The SMILES string of the molecule is COc1ccc(NC(=CC2=NC(c3ccccc3)CO2)c2ccccc2)cc1. The second kappa shape index (κ2) is 8.44. The number of rotatable bonds is 6. The van der Waals surface area contributed by atoms with Crippen LogP contribution in [0.3, 0.4) is 0 Å². The number of benzene rings is 3. The van der Waals surface area contributed by atoms with Crippen molar-refractivity contribution in [1.82, 2.24) is 0 Å². The van der Waals surface area contributed by atoms with Gasteiger partial charge in [0.1, 0.15) is 18.4 Å². The zero-order valence-corrected chi connectivity index (χ0v) is 15.7. The Morgan fingerprint density at radius 2 is 1.64 bits per heavy atom. The molecule has 0 spiro atoms. The number of anilines is 1. The number of nitrogens with one attached hydrogen (secondary N) is 1. The van der Waals surface area contributed by atoms with Crippen LogP contribution in [0.25, 0.3) is 5.70 Å². The van der Waals surface area contributed by atoms with Crippen molar-refractivity contribution < 1.29 is 9.47 Å². The Labute approximate surface area is 165 Å². The number of ether oxygens (including phenoxy) is 2. The molecule has 3 aromatic rings. The van der Waals surface area contributed by atoms with Gasteiger partial charge in [-0.3, -0.25) is 0 Å². The quantitative estimate of drug-likeness (QED) is 0.639. The van der Waals surface area contributed by atoms with Crippen LogP contribution in [0.5, 0.6) is 5.75 Å². The first-order chi connectivity index (χ1) is 13.8. The maximum atomic E-state index is 5.86. The van der Waals surface area contributed by atoms with Crippen molar-refractivity contribution in [3.63, 3.8) is 0 Å². The van der Waals surface area contributed by atoms with Gasteiger partial charge >= 0.3 is 0 Å². The van der Waals surface area contributed by atoms with Gasteiger partial charge in [-0.15, -0.1) is 0 Å². The molecule has 1 unspecified atom stereocenters. The van der Waals surface area contributed by atoms with Crippen molar-refractivity contribution in [3.8, 4) is 5.75 Å². The lowest BCUT2D eigenvalue weighted by Crippen LogP contribution is -2.03. The van der Waals surface area contributed by atoms with Gasteiger partial charge in [-0.25, -0.2) is 4.99 Å². The summed E-state index contributed by atoms with van der Waals surface area (Å²) in [6.07, 6.45) is 1.96. The molecule has 4 heteroatoms. The number of hydrogen-bond acceptors (Lipinski definition) is 4. The van der Waals surface area contributed by atoms with Crippen LogP contribution in [0.1, 0.15) is 17.2 Å². The minimum atomic E-state index is 0.0328. The van der Waals surface area contributed by atoms with E-state index in [-0.39, 0.29) is 6.04 Å². The largest absolute Gasteiger partial charge is 0.497 e. The Balaban J connectivity index is 1.61. The summed E-state index contributed by atoms with van der Waals surface area (Å²) in [6.45, 7) is 0.556. The van der Waals surface area contributed by atoms with Gasteiger partial charge in [0, 0.05) is 11.8 Å². The molecule has 0 aliphatic carbocycles. The number of methoxy groups -OCH3 is 1. The maximum Gasteiger partial charge on any atom is 0.211 e. The zero-order valence-electron chi connectivity index (χ0n) is 15.7. The molecule has 140 valence electrons. The van der Waals surface area contributed by atoms with Gasteiger partial charge in [0.2, 0.25) is 5.90 Å². The van der Waals surface area contributed by atoms with Crippen molar-refractivity contribution >= 4 is 17.3 Å². The first-order valence-corrected chi connectivity index (χ1v) is 9.25. The topological polar surface area (TPSA) is 42.8 Å². The highest BCUT2D eigenvalue weighted by atomic mass is 16.5. The molecule has 1 aliphatic heterocycles. The monoisotopic (exact) mass is 370 g/mol. The third-order valence-corrected chi connectivity index (χ3v) is 4.58. The molecule has 1 aliphatic rings. The van der Waals surface area contributed by atoms with Crippen molar-refractivity contribution in [3.05, 3.63) is 102 Å². The fourth-order valence-corrected chi connectivity index (χ4v) is 3.08. The molecule has 1 heterocycles. The molecule has 0 aromatic heterocycles. The van der Waals surface area contributed by atoms with Crippen LogP contribution >= 0.6 is 0 Å². The number of aliphatic imine (C=N–C) groups is 1. The minimum absolute atomic E-state index is 0.0328. The lowest BCUT2D eigenvalue weighted by atomic mass is 10.1. The van der Waals surface area contributed by atoms with Crippen LogP contribution in [0.15, 0.2) is 96.0 Å². The Morgan fingerprint density at radius 3 is 2.32 bits per heavy atom. The fourth-order valence-electron chi connectivity index (χ4n) is 3.08. The summed E-state index contributed by atoms with van der Waals surface area (Å²) in [7, 11) is 1.66. The third-order valence-electron chi connectivity index (χ3n) is 4.58. The molecule has 1 atom stereocenters. The fraction of sp³-hybridized carbons (Fsp3) is 0.125. The molecule has 0 bridgehead atoms. The molecule has 4 nitrogen and oxygen atoms in total. The molecule has 3 aromatic carbocycles. The minimum Gasteiger partial charge on any atom is -0.497 e. The smallest absolute Gasteiger partial charge is 0.211 e. The molecule has 0 fully saturated rings. The number of hydrogen-bond donors (Lipinski definition) is 1. The standard InChI is InChI=1S/C24H22N2O2/c1-27-21-14-12-20(13-15-21)25-22(18-8-4-2-5-9-18)16-24-26-23(17-28-24)19-10-6-3-7-11-19/h2-16,23,25H,17H2,1H3. The van der Waals surface area contributed by atoms with Crippen molar-refractivity contribution in [2.24, 2.45) is 4.99 Å². The van der Waals surface area contributed by atoms with Crippen LogP contribution < -0.4 is 10.1 Å². The summed E-state index contributed by atoms with van der Waals surface area (Å²) in [5.74, 6) is 1.46. The molecule has 4 rings (SSSR count). The normalized spacial score (nSPS) is 16.2. The van der Waals surface area contributed by atoms with Gasteiger partial charge in [0.05, 0.1) is 12.8 Å². The first-order valence-electron chi connectivity index (χ1n) is 9.25. The Bertz CT molecular complexity index is 965. The van der Waals surface area contributed by atoms with E-state index in [1.807, 2.05) is 66.7 Å². The van der Waals surface area contributed by atoms with Gasteiger partial charge in [-0.05, 0) is 35.4 Å². The predicted molar refractivity (Wildman–Crippen MR) is 114 cm³/mol. The zero-order chi connectivity index (χ0) is 19.2. The Morgan fingerprint density at radius 1 is 0.964 bits per heavy atom. The summed E-state index contributed by atoms with van der Waals surface area (Å²) >= 11 is 0. The molecular weight excluding hydrogens is 348 g/mol. The molecule has 28 heavy (non-hydrogen) atoms. The summed E-state index contributed by atoms with van der Waals surface area (Å²) in [6, 6.07) is 28.3. The molecule has 1 N–H and O–H groups in total. The van der Waals surface area contributed by atoms with Gasteiger partial charge < -0.3 is 14.8 Å². The lowest BCUT2D eigenvalue weighted by Gasteiger charge is -2.12. The van der Waals surface area contributed by atoms with Crippen LogP contribution in [-0.4, -0.2) is 19.6 Å². The lowest BCUT2D eigenvalue weighted by molar-refractivity contribution is 0.321. The van der Waals surface area contributed by atoms with Gasteiger partial charge in [-0.2, -0.15) is 0 Å². The van der Waals surface area contributed by atoms with Crippen LogP contribution in [0.4, 0.5) is 5.69 Å². The highest BCUT2D eigenvalue weighted by Gasteiger charge is 2.19. The van der Waals surface area contributed by atoms with Crippen LogP contribution in [0, 0.1) is 0 Å². The van der Waals surface area contributed by atoms with E-state index in [0.29, 0.717) is 12.5 Å². The van der Waals surface area contributed by atoms with Gasteiger partial charge in [0.25, 0.3) is 0 Å². The summed E-state index contributed by atoms with van der Waals surface area (Å²) in [5.41, 5.74) is 4.12. The van der Waals surface area contributed by atoms with Crippen LogP contribution in [0.2, 0.25) is 0 Å². The van der Waals surface area contributed by atoms with E-state index in [4.69, 9.17) is 14.5 Å². The molecule has 0 saturated carbocycles. The van der Waals surface area contributed by atoms with E-state index in [2.05, 4.69) is 29.6 Å². The van der Waals surface area contributed by atoms with E-state index in [0.717, 1.165) is 28.3 Å². The Kier molecular flexibility index (Phi) is 5.38. The average Bonchev–Trinajstić information content (AvgIpc) is 3.24.